The summed E-state index contributed by atoms with van der Waals surface area (Å²) in [7, 11) is 0. The maximum Gasteiger partial charge on any atom is 0.0703 e. The van der Waals surface area contributed by atoms with E-state index in [1.165, 1.54) is 5.57 Å². The fourth-order valence-electron chi connectivity index (χ4n) is 1.22. The summed E-state index contributed by atoms with van der Waals surface area (Å²) in [6, 6.07) is 0. The molecule has 0 bridgehead atoms. The summed E-state index contributed by atoms with van der Waals surface area (Å²) in [6.45, 7) is 10.1. The fraction of sp³-hybridized carbons (Fsp3) is 0.214. The van der Waals surface area contributed by atoms with Crippen LogP contribution in [0.1, 0.15) is 20.8 Å². The Morgan fingerprint density at radius 1 is 1.27 bits per heavy atom. The predicted molar refractivity (Wildman–Crippen MR) is 68.0 cm³/mol. The number of hydrogen-bond acceptors (Lipinski definition) is 1. The highest BCUT2D eigenvalue weighted by Crippen LogP contribution is 2.13. The minimum Gasteiger partial charge on any atom is -0.249 e. The molecule has 0 aliphatic heterocycles. The van der Waals surface area contributed by atoms with E-state index in [0.717, 1.165) is 17.0 Å². The van der Waals surface area contributed by atoms with Crippen LogP contribution >= 0.6 is 0 Å². The van der Waals surface area contributed by atoms with Crippen molar-refractivity contribution >= 4 is 5.71 Å². The van der Waals surface area contributed by atoms with Crippen molar-refractivity contribution < 1.29 is 0 Å². The molecule has 15 heavy (non-hydrogen) atoms. The third-order valence-electron chi connectivity index (χ3n) is 2.07. The number of nitrogens with zero attached hydrogens (tertiary/aromatic N) is 1. The van der Waals surface area contributed by atoms with Crippen molar-refractivity contribution in [2.45, 2.75) is 20.8 Å². The van der Waals surface area contributed by atoms with Crippen LogP contribution < -0.4 is 0 Å². The molecular formula is C14H17N. The molecule has 1 aliphatic rings. The van der Waals surface area contributed by atoms with E-state index in [-0.39, 0.29) is 0 Å². The normalized spacial score (nSPS) is 17.8. The molecule has 0 amide bonds. The molecule has 0 aromatic heterocycles. The van der Waals surface area contributed by atoms with Gasteiger partial charge in [0.2, 0.25) is 0 Å². The van der Waals surface area contributed by atoms with E-state index in [1.807, 2.05) is 43.4 Å². The van der Waals surface area contributed by atoms with Gasteiger partial charge in [-0.05, 0) is 38.5 Å². The number of allylic oxidation sites excluding steroid dienone is 8. The molecule has 0 aromatic carbocycles. The lowest BCUT2D eigenvalue weighted by molar-refractivity contribution is 1.25. The van der Waals surface area contributed by atoms with Gasteiger partial charge in [-0.3, -0.25) is 0 Å². The van der Waals surface area contributed by atoms with Crippen molar-refractivity contribution in [1.82, 2.24) is 0 Å². The van der Waals surface area contributed by atoms with Crippen LogP contribution in [0, 0.1) is 0 Å². The largest absolute Gasteiger partial charge is 0.249 e. The smallest absolute Gasteiger partial charge is 0.0703 e. The van der Waals surface area contributed by atoms with Crippen LogP contribution in [0.3, 0.4) is 0 Å². The molecule has 1 heteroatoms. The van der Waals surface area contributed by atoms with Gasteiger partial charge in [-0.15, -0.1) is 0 Å². The molecule has 0 fully saturated rings. The van der Waals surface area contributed by atoms with Crippen molar-refractivity contribution in [2.75, 3.05) is 0 Å². The second-order valence-corrected chi connectivity index (χ2v) is 3.63. The Morgan fingerprint density at radius 2 is 1.93 bits per heavy atom. The average Bonchev–Trinajstić information content (AvgIpc) is 2.20. The molecule has 0 aromatic rings. The SMILES string of the molecule is C=C1C=CC=CC1=NC(/C=C/C)=C(C)C. The predicted octanol–water partition coefficient (Wildman–Crippen LogP) is 3.98. The zero-order valence-corrected chi connectivity index (χ0v) is 9.62. The summed E-state index contributed by atoms with van der Waals surface area (Å²) >= 11 is 0. The maximum absolute atomic E-state index is 4.58. The fourth-order valence-corrected chi connectivity index (χ4v) is 1.22. The molecule has 1 nitrogen and oxygen atoms in total. The van der Waals surface area contributed by atoms with E-state index < -0.39 is 0 Å². The van der Waals surface area contributed by atoms with E-state index in [4.69, 9.17) is 0 Å². The molecule has 0 heterocycles. The zero-order chi connectivity index (χ0) is 11.3. The van der Waals surface area contributed by atoms with Crippen LogP contribution in [0.4, 0.5) is 0 Å². The lowest BCUT2D eigenvalue weighted by Gasteiger charge is -2.06. The third kappa shape index (κ3) is 3.21. The third-order valence-corrected chi connectivity index (χ3v) is 2.07. The summed E-state index contributed by atoms with van der Waals surface area (Å²) in [6.07, 6.45) is 11.9. The lowest BCUT2D eigenvalue weighted by atomic mass is 10.1. The van der Waals surface area contributed by atoms with Crippen molar-refractivity contribution in [2.24, 2.45) is 4.99 Å². The van der Waals surface area contributed by atoms with Gasteiger partial charge in [-0.1, -0.05) is 36.5 Å². The van der Waals surface area contributed by atoms with Gasteiger partial charge >= 0.3 is 0 Å². The maximum atomic E-state index is 4.58. The molecule has 0 spiro atoms. The van der Waals surface area contributed by atoms with Crippen molar-refractivity contribution in [3.8, 4) is 0 Å². The summed E-state index contributed by atoms with van der Waals surface area (Å²) < 4.78 is 0. The molecule has 1 rings (SSSR count). The minimum absolute atomic E-state index is 0.937. The Labute approximate surface area is 91.9 Å². The zero-order valence-electron chi connectivity index (χ0n) is 9.62. The second kappa shape index (κ2) is 5.30. The van der Waals surface area contributed by atoms with Crippen LogP contribution in [-0.4, -0.2) is 5.71 Å². The summed E-state index contributed by atoms with van der Waals surface area (Å²) in [4.78, 5) is 4.58. The highest BCUT2D eigenvalue weighted by molar-refractivity contribution is 6.11. The van der Waals surface area contributed by atoms with Crippen molar-refractivity contribution in [3.63, 3.8) is 0 Å². The van der Waals surface area contributed by atoms with E-state index in [2.05, 4.69) is 25.4 Å². The van der Waals surface area contributed by atoms with E-state index >= 15 is 0 Å². The average molecular weight is 199 g/mol. The molecule has 0 N–H and O–H groups in total. The van der Waals surface area contributed by atoms with Gasteiger partial charge in [0, 0.05) is 0 Å². The van der Waals surface area contributed by atoms with Gasteiger partial charge in [0.05, 0.1) is 11.4 Å². The van der Waals surface area contributed by atoms with Crippen LogP contribution in [0.15, 0.2) is 64.9 Å². The van der Waals surface area contributed by atoms with Crippen molar-refractivity contribution in [3.05, 3.63) is 59.9 Å². The minimum atomic E-state index is 0.937. The van der Waals surface area contributed by atoms with Gasteiger partial charge in [-0.25, -0.2) is 4.99 Å². The monoisotopic (exact) mass is 199 g/mol. The van der Waals surface area contributed by atoms with Crippen LogP contribution in [0.5, 0.6) is 0 Å². The lowest BCUT2D eigenvalue weighted by Crippen LogP contribution is -1.99. The standard InChI is InChI=1S/C14H17N/c1-5-8-13(11(2)3)15-14-10-7-6-9-12(14)4/h5-10H,4H2,1-3H3/b8-5+,15-14?. The Balaban J connectivity index is 3.05. The topological polar surface area (TPSA) is 12.4 Å². The van der Waals surface area contributed by atoms with Crippen LogP contribution in [0.25, 0.3) is 0 Å². The number of rotatable bonds is 2. The Bertz CT molecular complexity index is 397. The first kappa shape index (κ1) is 11.4. The summed E-state index contributed by atoms with van der Waals surface area (Å²) in [5.74, 6) is 0. The molecule has 0 atom stereocenters. The van der Waals surface area contributed by atoms with E-state index in [0.29, 0.717) is 0 Å². The molecule has 0 saturated carbocycles. The number of aliphatic imine (C=N–C) groups is 1. The Hall–Kier alpha value is -1.63. The van der Waals surface area contributed by atoms with Gasteiger partial charge in [0.15, 0.2) is 0 Å². The first-order valence-electron chi connectivity index (χ1n) is 5.08. The highest BCUT2D eigenvalue weighted by Gasteiger charge is 2.02. The van der Waals surface area contributed by atoms with Gasteiger partial charge in [0.1, 0.15) is 0 Å². The summed E-state index contributed by atoms with van der Waals surface area (Å²) in [5.41, 5.74) is 4.11. The van der Waals surface area contributed by atoms with Gasteiger partial charge < -0.3 is 0 Å². The quantitative estimate of drug-likeness (QED) is 0.596. The Kier molecular flexibility index (Phi) is 4.04. The first-order valence-corrected chi connectivity index (χ1v) is 5.08. The highest BCUT2D eigenvalue weighted by atomic mass is 14.8. The summed E-state index contributed by atoms with van der Waals surface area (Å²) in [5, 5.41) is 0. The van der Waals surface area contributed by atoms with Crippen molar-refractivity contribution in [1.29, 1.82) is 0 Å². The van der Waals surface area contributed by atoms with Gasteiger partial charge in [0.25, 0.3) is 0 Å². The number of hydrogen-bond donors (Lipinski definition) is 0. The van der Waals surface area contributed by atoms with Gasteiger partial charge in [-0.2, -0.15) is 0 Å². The molecular weight excluding hydrogens is 182 g/mol. The van der Waals surface area contributed by atoms with Crippen LogP contribution in [0.2, 0.25) is 0 Å². The molecule has 0 saturated heterocycles. The van der Waals surface area contributed by atoms with E-state index in [9.17, 15) is 0 Å². The van der Waals surface area contributed by atoms with Crippen LogP contribution in [-0.2, 0) is 0 Å². The second-order valence-electron chi connectivity index (χ2n) is 3.63. The Morgan fingerprint density at radius 3 is 2.47 bits per heavy atom. The first-order chi connectivity index (χ1) is 7.15. The molecule has 0 radical (unpaired) electrons. The molecule has 78 valence electrons. The van der Waals surface area contributed by atoms with E-state index in [1.54, 1.807) is 0 Å². The molecule has 0 unspecified atom stereocenters. The molecule has 1 aliphatic carbocycles.